The van der Waals surface area contributed by atoms with Crippen molar-refractivity contribution in [3.63, 3.8) is 0 Å². The van der Waals surface area contributed by atoms with Crippen LogP contribution in [0.1, 0.15) is 48.5 Å². The lowest BCUT2D eigenvalue weighted by molar-refractivity contribution is 0.1000. The number of carbonyl (C=O) groups is 1. The summed E-state index contributed by atoms with van der Waals surface area (Å²) in [6.45, 7) is 3.65. The molecular weight excluding hydrogens is 255 g/mol. The number of hydrogen-bond acceptors (Lipinski definition) is 2. The van der Waals surface area contributed by atoms with E-state index >= 15 is 0 Å². The Kier molecular flexibility index (Phi) is 5.12. The van der Waals surface area contributed by atoms with Crippen LogP contribution in [-0.4, -0.2) is 12.5 Å². The number of amides is 1. The highest BCUT2D eigenvalue weighted by Crippen LogP contribution is 2.27. The van der Waals surface area contributed by atoms with Crippen LogP contribution in [0.5, 0.6) is 0 Å². The van der Waals surface area contributed by atoms with E-state index in [0.717, 1.165) is 12.5 Å². The van der Waals surface area contributed by atoms with Crippen LogP contribution in [0, 0.1) is 17.7 Å². The third-order valence-electron chi connectivity index (χ3n) is 4.21. The second-order valence-corrected chi connectivity index (χ2v) is 5.93. The van der Waals surface area contributed by atoms with Gasteiger partial charge in [-0.15, -0.1) is 0 Å². The van der Waals surface area contributed by atoms with Gasteiger partial charge in [-0.1, -0.05) is 19.8 Å². The van der Waals surface area contributed by atoms with Gasteiger partial charge in [0.15, 0.2) is 0 Å². The quantitative estimate of drug-likeness (QED) is 0.870. The van der Waals surface area contributed by atoms with Crippen LogP contribution in [0.4, 0.5) is 4.39 Å². The Morgan fingerprint density at radius 1 is 1.35 bits per heavy atom. The average Bonchev–Trinajstić information content (AvgIpc) is 2.43. The van der Waals surface area contributed by atoms with E-state index in [9.17, 15) is 9.18 Å². The molecule has 0 bridgehead atoms. The molecule has 3 N–H and O–H groups in total. The minimum Gasteiger partial charge on any atom is -0.366 e. The molecule has 0 unspecified atom stereocenters. The van der Waals surface area contributed by atoms with Crippen molar-refractivity contribution in [3.05, 3.63) is 35.1 Å². The first kappa shape index (κ1) is 15.0. The van der Waals surface area contributed by atoms with Gasteiger partial charge in [0.1, 0.15) is 5.82 Å². The molecule has 20 heavy (non-hydrogen) atoms. The maximum absolute atomic E-state index is 13.7. The lowest BCUT2D eigenvalue weighted by Gasteiger charge is -2.26. The smallest absolute Gasteiger partial charge is 0.248 e. The summed E-state index contributed by atoms with van der Waals surface area (Å²) in [5.41, 5.74) is 6.07. The molecule has 0 aromatic heterocycles. The molecule has 0 aliphatic heterocycles. The Morgan fingerprint density at radius 3 is 2.70 bits per heavy atom. The number of hydrogen-bond donors (Lipinski definition) is 2. The van der Waals surface area contributed by atoms with Crippen molar-refractivity contribution < 1.29 is 9.18 Å². The van der Waals surface area contributed by atoms with E-state index in [1.807, 2.05) is 0 Å². The van der Waals surface area contributed by atoms with Gasteiger partial charge in [-0.25, -0.2) is 4.39 Å². The molecule has 0 heterocycles. The Bertz CT molecular complexity index is 468. The molecule has 1 aromatic rings. The van der Waals surface area contributed by atoms with Crippen molar-refractivity contribution in [2.24, 2.45) is 17.6 Å². The summed E-state index contributed by atoms with van der Waals surface area (Å²) in [6.07, 6.45) is 5.08. The van der Waals surface area contributed by atoms with Crippen LogP contribution >= 0.6 is 0 Å². The van der Waals surface area contributed by atoms with E-state index < -0.39 is 5.91 Å². The van der Waals surface area contributed by atoms with Crippen LogP contribution in [0.25, 0.3) is 0 Å². The third kappa shape index (κ3) is 4.04. The zero-order valence-electron chi connectivity index (χ0n) is 12.0. The number of benzene rings is 1. The van der Waals surface area contributed by atoms with Gasteiger partial charge >= 0.3 is 0 Å². The highest BCUT2D eigenvalue weighted by atomic mass is 19.1. The topological polar surface area (TPSA) is 55.1 Å². The van der Waals surface area contributed by atoms with Crippen molar-refractivity contribution in [2.45, 2.75) is 39.2 Å². The van der Waals surface area contributed by atoms with Crippen molar-refractivity contribution in [2.75, 3.05) is 6.54 Å². The summed E-state index contributed by atoms with van der Waals surface area (Å²) in [6, 6.07) is 4.26. The zero-order chi connectivity index (χ0) is 14.5. The molecule has 1 aliphatic rings. The fourth-order valence-electron chi connectivity index (χ4n) is 2.81. The van der Waals surface area contributed by atoms with Gasteiger partial charge in [0.25, 0.3) is 0 Å². The predicted molar refractivity (Wildman–Crippen MR) is 77.7 cm³/mol. The number of primary amides is 1. The maximum Gasteiger partial charge on any atom is 0.248 e. The first-order valence-corrected chi connectivity index (χ1v) is 7.35. The highest BCUT2D eigenvalue weighted by Gasteiger charge is 2.17. The van der Waals surface area contributed by atoms with Gasteiger partial charge in [-0.2, -0.15) is 0 Å². The molecule has 110 valence electrons. The van der Waals surface area contributed by atoms with Gasteiger partial charge in [-0.05, 0) is 49.4 Å². The summed E-state index contributed by atoms with van der Waals surface area (Å²) < 4.78 is 13.7. The first-order chi connectivity index (χ1) is 9.56. The molecule has 4 heteroatoms. The lowest BCUT2D eigenvalue weighted by Crippen LogP contribution is -2.26. The van der Waals surface area contributed by atoms with Gasteiger partial charge < -0.3 is 11.1 Å². The Balaban J connectivity index is 1.84. The molecule has 1 aliphatic carbocycles. The summed E-state index contributed by atoms with van der Waals surface area (Å²) in [7, 11) is 0. The Hall–Kier alpha value is -1.42. The number of nitrogens with two attached hydrogens (primary N) is 1. The van der Waals surface area contributed by atoms with Gasteiger partial charge in [-0.3, -0.25) is 4.79 Å². The molecule has 1 aromatic carbocycles. The van der Waals surface area contributed by atoms with Crippen LogP contribution in [-0.2, 0) is 6.54 Å². The van der Waals surface area contributed by atoms with Gasteiger partial charge in [0.2, 0.25) is 5.91 Å². The highest BCUT2D eigenvalue weighted by molar-refractivity contribution is 5.92. The fourth-order valence-corrected chi connectivity index (χ4v) is 2.81. The minimum atomic E-state index is -0.521. The van der Waals surface area contributed by atoms with Crippen LogP contribution in [0.2, 0.25) is 0 Å². The van der Waals surface area contributed by atoms with Crippen molar-refractivity contribution in [3.8, 4) is 0 Å². The molecule has 0 atom stereocenters. The number of rotatable bonds is 5. The Labute approximate surface area is 119 Å². The third-order valence-corrected chi connectivity index (χ3v) is 4.21. The molecule has 0 spiro atoms. The SMILES string of the molecule is CC1CCC(CNCc2cc(C(N)=O)ccc2F)CC1. The molecule has 1 saturated carbocycles. The summed E-state index contributed by atoms with van der Waals surface area (Å²) >= 11 is 0. The summed E-state index contributed by atoms with van der Waals surface area (Å²) in [4.78, 5) is 11.1. The van der Waals surface area contributed by atoms with E-state index in [-0.39, 0.29) is 5.82 Å². The number of nitrogens with one attached hydrogen (secondary N) is 1. The van der Waals surface area contributed by atoms with E-state index in [0.29, 0.717) is 23.6 Å². The van der Waals surface area contributed by atoms with Crippen molar-refractivity contribution >= 4 is 5.91 Å². The van der Waals surface area contributed by atoms with Gasteiger partial charge in [0, 0.05) is 17.7 Å². The predicted octanol–water partition coefficient (Wildman–Crippen LogP) is 2.84. The molecule has 3 nitrogen and oxygen atoms in total. The summed E-state index contributed by atoms with van der Waals surface area (Å²) in [5.74, 6) is 0.719. The van der Waals surface area contributed by atoms with Crippen LogP contribution < -0.4 is 11.1 Å². The average molecular weight is 278 g/mol. The van der Waals surface area contributed by atoms with E-state index in [1.165, 1.54) is 43.9 Å². The molecule has 1 fully saturated rings. The van der Waals surface area contributed by atoms with E-state index in [2.05, 4.69) is 12.2 Å². The summed E-state index contributed by atoms with van der Waals surface area (Å²) in [5, 5.41) is 3.30. The largest absolute Gasteiger partial charge is 0.366 e. The monoisotopic (exact) mass is 278 g/mol. The lowest BCUT2D eigenvalue weighted by atomic mass is 9.83. The maximum atomic E-state index is 13.7. The van der Waals surface area contributed by atoms with Gasteiger partial charge in [0.05, 0.1) is 0 Å². The van der Waals surface area contributed by atoms with Crippen molar-refractivity contribution in [1.82, 2.24) is 5.32 Å². The molecule has 0 radical (unpaired) electrons. The fraction of sp³-hybridized carbons (Fsp3) is 0.562. The molecule has 0 saturated heterocycles. The number of carbonyl (C=O) groups excluding carboxylic acids is 1. The van der Waals surface area contributed by atoms with Crippen LogP contribution in [0.15, 0.2) is 18.2 Å². The number of halogens is 1. The van der Waals surface area contributed by atoms with Crippen molar-refractivity contribution in [1.29, 1.82) is 0 Å². The zero-order valence-corrected chi connectivity index (χ0v) is 12.0. The molecule has 2 rings (SSSR count). The standard InChI is InChI=1S/C16H23FN2O/c1-11-2-4-12(5-3-11)9-19-10-14-8-13(16(18)20)6-7-15(14)17/h6-8,11-12,19H,2-5,9-10H2,1H3,(H2,18,20). The normalized spacial score (nSPS) is 22.7. The van der Waals surface area contributed by atoms with E-state index in [1.54, 1.807) is 0 Å². The molecular formula is C16H23FN2O. The van der Waals surface area contributed by atoms with E-state index in [4.69, 9.17) is 5.73 Å². The second-order valence-electron chi connectivity index (χ2n) is 5.93. The Morgan fingerprint density at radius 2 is 2.05 bits per heavy atom. The molecule has 1 amide bonds. The first-order valence-electron chi connectivity index (χ1n) is 7.35. The second kappa shape index (κ2) is 6.84. The van der Waals surface area contributed by atoms with Crippen LogP contribution in [0.3, 0.4) is 0 Å². The minimum absolute atomic E-state index is 0.292.